The SMILES string of the molecule is CS(=O)(=O)c1cccc(-c2cnc3c(c2)C(C2=CCN(C(=O)c4cccs4)CC2)=CC3)c1. The fourth-order valence-electron chi connectivity index (χ4n) is 4.22. The first-order valence-corrected chi connectivity index (χ1v) is 13.2. The van der Waals surface area contributed by atoms with Gasteiger partial charge in [-0.05, 0) is 52.8 Å². The summed E-state index contributed by atoms with van der Waals surface area (Å²) in [6, 6.07) is 12.9. The van der Waals surface area contributed by atoms with E-state index in [9.17, 15) is 13.2 Å². The van der Waals surface area contributed by atoms with E-state index in [4.69, 9.17) is 0 Å². The molecule has 1 aliphatic heterocycles. The first-order chi connectivity index (χ1) is 15.4. The minimum atomic E-state index is -3.27. The highest BCUT2D eigenvalue weighted by atomic mass is 32.2. The third kappa shape index (κ3) is 3.94. The van der Waals surface area contributed by atoms with Crippen molar-refractivity contribution in [2.24, 2.45) is 0 Å². The lowest BCUT2D eigenvalue weighted by molar-refractivity contribution is 0.0774. The zero-order chi connectivity index (χ0) is 22.3. The van der Waals surface area contributed by atoms with Gasteiger partial charge in [-0.25, -0.2) is 8.42 Å². The molecule has 1 amide bonds. The maximum atomic E-state index is 12.6. The van der Waals surface area contributed by atoms with E-state index in [-0.39, 0.29) is 5.91 Å². The van der Waals surface area contributed by atoms with E-state index in [0.29, 0.717) is 18.0 Å². The Bertz CT molecular complexity index is 1370. The first-order valence-electron chi connectivity index (χ1n) is 10.4. The summed E-state index contributed by atoms with van der Waals surface area (Å²) in [7, 11) is -3.27. The molecule has 1 aliphatic carbocycles. The van der Waals surface area contributed by atoms with Gasteiger partial charge in [0.25, 0.3) is 5.91 Å². The van der Waals surface area contributed by atoms with Gasteiger partial charge in [-0.3, -0.25) is 9.78 Å². The van der Waals surface area contributed by atoms with Crippen molar-refractivity contribution in [2.75, 3.05) is 19.3 Å². The maximum Gasteiger partial charge on any atom is 0.264 e. The number of nitrogens with zero attached hydrogens (tertiary/aromatic N) is 2. The second-order valence-corrected chi connectivity index (χ2v) is 11.0. The molecular weight excluding hydrogens is 440 g/mol. The molecule has 5 nitrogen and oxygen atoms in total. The number of pyridine rings is 1. The number of hydrogen-bond donors (Lipinski definition) is 0. The number of amides is 1. The first kappa shape index (κ1) is 20.8. The van der Waals surface area contributed by atoms with E-state index in [1.165, 1.54) is 28.7 Å². The average molecular weight is 463 g/mol. The highest BCUT2D eigenvalue weighted by Gasteiger charge is 2.24. The molecule has 5 rings (SSSR count). The predicted molar refractivity (Wildman–Crippen MR) is 127 cm³/mol. The number of rotatable bonds is 4. The summed E-state index contributed by atoms with van der Waals surface area (Å²) in [6.45, 7) is 1.29. The fourth-order valence-corrected chi connectivity index (χ4v) is 5.58. The highest BCUT2D eigenvalue weighted by molar-refractivity contribution is 7.90. The molecule has 0 N–H and O–H groups in total. The normalized spacial score (nSPS) is 15.8. The Morgan fingerprint density at radius 2 is 1.97 bits per heavy atom. The van der Waals surface area contributed by atoms with E-state index in [2.05, 4.69) is 23.2 Å². The van der Waals surface area contributed by atoms with Crippen molar-refractivity contribution in [1.82, 2.24) is 9.88 Å². The number of hydrogen-bond acceptors (Lipinski definition) is 5. The van der Waals surface area contributed by atoms with E-state index >= 15 is 0 Å². The van der Waals surface area contributed by atoms with Gasteiger partial charge in [0.1, 0.15) is 0 Å². The standard InChI is InChI=1S/C25H22N2O3S2/c1-32(29,30)20-5-2-4-18(14-20)19-15-22-21(7-8-23(22)26-16-19)17-9-11-27(12-10-17)25(28)24-6-3-13-31-24/h2-7,9,13-16H,8,10-12H2,1H3. The molecule has 0 bridgehead atoms. The molecule has 0 fully saturated rings. The van der Waals surface area contributed by atoms with Crippen LogP contribution >= 0.6 is 11.3 Å². The topological polar surface area (TPSA) is 67.3 Å². The van der Waals surface area contributed by atoms with Gasteiger partial charge in [0, 0.05) is 43.1 Å². The summed E-state index contributed by atoms with van der Waals surface area (Å²) in [5.41, 5.74) is 6.27. The summed E-state index contributed by atoms with van der Waals surface area (Å²) in [5, 5.41) is 1.93. The van der Waals surface area contributed by atoms with E-state index in [1.807, 2.05) is 34.7 Å². The van der Waals surface area contributed by atoms with Crippen molar-refractivity contribution in [3.63, 3.8) is 0 Å². The molecule has 0 spiro atoms. The van der Waals surface area contributed by atoms with Crippen LogP contribution in [0.3, 0.4) is 0 Å². The number of benzene rings is 1. The minimum Gasteiger partial charge on any atom is -0.334 e. The number of thiophene rings is 1. The summed E-state index contributed by atoms with van der Waals surface area (Å²) in [5.74, 6) is 0.0887. The number of carbonyl (C=O) groups is 1. The van der Waals surface area contributed by atoms with Gasteiger partial charge in [-0.15, -0.1) is 11.3 Å². The number of carbonyl (C=O) groups excluding carboxylic acids is 1. The van der Waals surface area contributed by atoms with Crippen LogP contribution in [0.25, 0.3) is 16.7 Å². The summed E-state index contributed by atoms with van der Waals surface area (Å²) in [4.78, 5) is 20.2. The van der Waals surface area contributed by atoms with Gasteiger partial charge in [0.2, 0.25) is 0 Å². The number of allylic oxidation sites excluding steroid dienone is 2. The molecule has 0 unspecified atom stereocenters. The quantitative estimate of drug-likeness (QED) is 0.567. The Morgan fingerprint density at radius 1 is 1.09 bits per heavy atom. The van der Waals surface area contributed by atoms with Crippen LogP contribution in [-0.2, 0) is 16.3 Å². The molecule has 2 aliphatic rings. The van der Waals surface area contributed by atoms with Gasteiger partial charge >= 0.3 is 0 Å². The fraction of sp³-hybridized carbons (Fsp3) is 0.200. The summed E-state index contributed by atoms with van der Waals surface area (Å²) >= 11 is 1.47. The van der Waals surface area contributed by atoms with Crippen LogP contribution < -0.4 is 0 Å². The number of aromatic nitrogens is 1. The third-order valence-electron chi connectivity index (χ3n) is 5.93. The second-order valence-electron chi connectivity index (χ2n) is 8.05. The Morgan fingerprint density at radius 3 is 2.69 bits per heavy atom. The molecule has 0 atom stereocenters. The molecule has 162 valence electrons. The number of fused-ring (bicyclic) bond motifs is 1. The maximum absolute atomic E-state index is 12.6. The van der Waals surface area contributed by atoms with Crippen LogP contribution in [0.2, 0.25) is 0 Å². The van der Waals surface area contributed by atoms with Crippen LogP contribution in [0.5, 0.6) is 0 Å². The zero-order valence-electron chi connectivity index (χ0n) is 17.6. The van der Waals surface area contributed by atoms with Gasteiger partial charge in [0.15, 0.2) is 9.84 Å². The Balaban J connectivity index is 1.41. The van der Waals surface area contributed by atoms with Crippen molar-refractivity contribution in [3.8, 4) is 11.1 Å². The second kappa shape index (κ2) is 8.15. The Labute approximate surface area is 191 Å². The van der Waals surface area contributed by atoms with Crippen molar-refractivity contribution < 1.29 is 13.2 Å². The average Bonchev–Trinajstić information content (AvgIpc) is 3.48. The van der Waals surface area contributed by atoms with Crippen LogP contribution in [0.4, 0.5) is 0 Å². The minimum absolute atomic E-state index is 0.0887. The predicted octanol–water partition coefficient (Wildman–Crippen LogP) is 4.63. The van der Waals surface area contributed by atoms with Crippen LogP contribution in [0, 0.1) is 0 Å². The lowest BCUT2D eigenvalue weighted by atomic mass is 9.94. The molecule has 2 aromatic heterocycles. The zero-order valence-corrected chi connectivity index (χ0v) is 19.2. The molecule has 3 aromatic rings. The van der Waals surface area contributed by atoms with E-state index in [1.54, 1.807) is 18.2 Å². The lowest BCUT2D eigenvalue weighted by Crippen LogP contribution is -2.34. The van der Waals surface area contributed by atoms with Gasteiger partial charge in [0.05, 0.1) is 15.5 Å². The van der Waals surface area contributed by atoms with Crippen molar-refractivity contribution in [3.05, 3.63) is 87.9 Å². The van der Waals surface area contributed by atoms with Crippen molar-refractivity contribution in [2.45, 2.75) is 17.7 Å². The molecule has 0 saturated carbocycles. The van der Waals surface area contributed by atoms with Gasteiger partial charge in [-0.2, -0.15) is 0 Å². The van der Waals surface area contributed by atoms with Gasteiger partial charge < -0.3 is 4.90 Å². The smallest absolute Gasteiger partial charge is 0.264 e. The Kier molecular flexibility index (Phi) is 5.31. The van der Waals surface area contributed by atoms with E-state index in [0.717, 1.165) is 40.1 Å². The highest BCUT2D eigenvalue weighted by Crippen LogP contribution is 2.37. The summed E-state index contributed by atoms with van der Waals surface area (Å²) in [6.07, 6.45) is 8.97. The molecule has 3 heterocycles. The lowest BCUT2D eigenvalue weighted by Gasteiger charge is -2.27. The molecule has 7 heteroatoms. The van der Waals surface area contributed by atoms with Crippen LogP contribution in [0.15, 0.2) is 76.7 Å². The molecule has 0 saturated heterocycles. The van der Waals surface area contributed by atoms with Gasteiger partial charge in [-0.1, -0.05) is 30.4 Å². The number of sulfone groups is 1. The largest absolute Gasteiger partial charge is 0.334 e. The third-order valence-corrected chi connectivity index (χ3v) is 7.90. The molecule has 1 aromatic carbocycles. The Hall–Kier alpha value is -3.03. The molecule has 32 heavy (non-hydrogen) atoms. The molecule has 0 radical (unpaired) electrons. The van der Waals surface area contributed by atoms with E-state index < -0.39 is 9.84 Å². The van der Waals surface area contributed by atoms with Crippen molar-refractivity contribution >= 4 is 32.7 Å². The van der Waals surface area contributed by atoms with Crippen LogP contribution in [0.1, 0.15) is 27.3 Å². The monoisotopic (exact) mass is 462 g/mol. The van der Waals surface area contributed by atoms with Crippen LogP contribution in [-0.4, -0.2) is 43.6 Å². The van der Waals surface area contributed by atoms with Crippen molar-refractivity contribution in [1.29, 1.82) is 0 Å². The summed E-state index contributed by atoms with van der Waals surface area (Å²) < 4.78 is 23.9. The molecular formula is C25H22N2O3S2.